The molecule has 0 aromatic heterocycles. The Morgan fingerprint density at radius 1 is 1.42 bits per heavy atom. The summed E-state index contributed by atoms with van der Waals surface area (Å²) in [4.78, 5) is 10.5. The van der Waals surface area contributed by atoms with Crippen LogP contribution >= 0.6 is 0 Å². The molecule has 2 unspecified atom stereocenters. The van der Waals surface area contributed by atoms with Crippen LogP contribution in [0.4, 0.5) is 0 Å². The first-order chi connectivity index (χ1) is 5.83. The van der Waals surface area contributed by atoms with Gasteiger partial charge in [0.2, 0.25) is 0 Å². The molecule has 0 saturated carbocycles. The molecule has 0 spiro atoms. The molecule has 62 valence electrons. The maximum absolute atomic E-state index is 10.5. The second-order valence-electron chi connectivity index (χ2n) is 3.43. The van der Waals surface area contributed by atoms with Crippen LogP contribution < -0.4 is 0 Å². The predicted octanol–water partition coefficient (Wildman–Crippen LogP) is 2.69. The lowest BCUT2D eigenvalue weighted by molar-refractivity contribution is 0.512. The van der Waals surface area contributed by atoms with Gasteiger partial charge in [-0.2, -0.15) is 4.91 Å². The van der Waals surface area contributed by atoms with Crippen LogP contribution in [0.5, 0.6) is 0 Å². The minimum atomic E-state index is -0.110. The molecule has 1 aliphatic carbocycles. The number of hydrogen-bond acceptors (Lipinski definition) is 2. The standard InChI is InChI=1S/C10H11NO/c1-7-6-8-4-2-3-5-9(8)10(7)11-12/h2-5,7,10H,6H2,1H3. The van der Waals surface area contributed by atoms with Gasteiger partial charge in [-0.05, 0) is 23.5 Å². The molecule has 0 saturated heterocycles. The highest BCUT2D eigenvalue weighted by atomic mass is 16.3. The van der Waals surface area contributed by atoms with Crippen molar-refractivity contribution in [3.8, 4) is 0 Å². The molecule has 0 amide bonds. The molecular formula is C10H11NO. The first kappa shape index (κ1) is 7.47. The second-order valence-corrected chi connectivity index (χ2v) is 3.43. The zero-order valence-electron chi connectivity index (χ0n) is 7.03. The number of nitroso groups, excluding NO2 is 1. The van der Waals surface area contributed by atoms with Gasteiger partial charge in [0, 0.05) is 0 Å². The Kier molecular flexibility index (Phi) is 1.68. The summed E-state index contributed by atoms with van der Waals surface area (Å²) in [7, 11) is 0. The Hall–Kier alpha value is -1.18. The molecule has 0 N–H and O–H groups in total. The van der Waals surface area contributed by atoms with Crippen LogP contribution in [0, 0.1) is 10.8 Å². The molecule has 0 aliphatic heterocycles. The lowest BCUT2D eigenvalue weighted by atomic mass is 10.0. The zero-order valence-corrected chi connectivity index (χ0v) is 7.03. The SMILES string of the molecule is CC1Cc2ccccc2C1N=O. The van der Waals surface area contributed by atoms with Crippen molar-refractivity contribution in [2.45, 2.75) is 19.4 Å². The third-order valence-corrected chi connectivity index (χ3v) is 2.57. The molecule has 2 rings (SSSR count). The highest BCUT2D eigenvalue weighted by Crippen LogP contribution is 2.37. The Bertz CT molecular complexity index is 308. The van der Waals surface area contributed by atoms with Crippen LogP contribution in [-0.2, 0) is 6.42 Å². The molecule has 1 aromatic rings. The van der Waals surface area contributed by atoms with Crippen LogP contribution in [0.25, 0.3) is 0 Å². The van der Waals surface area contributed by atoms with Crippen molar-refractivity contribution in [2.75, 3.05) is 0 Å². The van der Waals surface area contributed by atoms with Crippen LogP contribution in [0.15, 0.2) is 29.4 Å². The number of rotatable bonds is 1. The van der Waals surface area contributed by atoms with Gasteiger partial charge in [0.05, 0.1) is 0 Å². The Morgan fingerprint density at radius 2 is 2.17 bits per heavy atom. The third kappa shape index (κ3) is 0.951. The first-order valence-electron chi connectivity index (χ1n) is 4.23. The molecule has 12 heavy (non-hydrogen) atoms. The summed E-state index contributed by atoms with van der Waals surface area (Å²) >= 11 is 0. The van der Waals surface area contributed by atoms with Crippen molar-refractivity contribution in [3.63, 3.8) is 0 Å². The van der Waals surface area contributed by atoms with Crippen molar-refractivity contribution in [1.29, 1.82) is 0 Å². The molecule has 2 heteroatoms. The van der Waals surface area contributed by atoms with Crippen LogP contribution in [0.1, 0.15) is 24.1 Å². The predicted molar refractivity (Wildman–Crippen MR) is 47.8 cm³/mol. The maximum atomic E-state index is 10.5. The van der Waals surface area contributed by atoms with Gasteiger partial charge in [-0.25, -0.2) is 0 Å². The number of hydrogen-bond donors (Lipinski definition) is 0. The molecule has 2 atom stereocenters. The average Bonchev–Trinajstić information content (AvgIpc) is 2.40. The van der Waals surface area contributed by atoms with Crippen LogP contribution in [0.2, 0.25) is 0 Å². The van der Waals surface area contributed by atoms with Gasteiger partial charge >= 0.3 is 0 Å². The summed E-state index contributed by atoms with van der Waals surface area (Å²) in [6, 6.07) is 7.96. The smallest absolute Gasteiger partial charge is 0.120 e. The van der Waals surface area contributed by atoms with Gasteiger partial charge in [0.25, 0.3) is 0 Å². The third-order valence-electron chi connectivity index (χ3n) is 2.57. The normalized spacial score (nSPS) is 26.8. The molecule has 0 radical (unpaired) electrons. The van der Waals surface area contributed by atoms with Crippen molar-refractivity contribution in [3.05, 3.63) is 40.3 Å². The fourth-order valence-corrected chi connectivity index (χ4v) is 1.93. The number of benzene rings is 1. The van der Waals surface area contributed by atoms with E-state index in [-0.39, 0.29) is 6.04 Å². The van der Waals surface area contributed by atoms with E-state index in [0.29, 0.717) is 5.92 Å². The summed E-state index contributed by atoms with van der Waals surface area (Å²) in [5, 5.41) is 3.16. The molecule has 0 fully saturated rings. The summed E-state index contributed by atoms with van der Waals surface area (Å²) in [6.45, 7) is 2.08. The fraction of sp³-hybridized carbons (Fsp3) is 0.400. The van der Waals surface area contributed by atoms with Crippen molar-refractivity contribution >= 4 is 0 Å². The van der Waals surface area contributed by atoms with E-state index in [1.165, 1.54) is 5.56 Å². The second kappa shape index (κ2) is 2.70. The minimum absolute atomic E-state index is 0.110. The van der Waals surface area contributed by atoms with Crippen molar-refractivity contribution in [1.82, 2.24) is 0 Å². The summed E-state index contributed by atoms with van der Waals surface area (Å²) in [6.07, 6.45) is 0.993. The Labute approximate surface area is 71.6 Å². The van der Waals surface area contributed by atoms with Gasteiger partial charge in [-0.3, -0.25) is 0 Å². The van der Waals surface area contributed by atoms with Crippen molar-refractivity contribution < 1.29 is 0 Å². The zero-order chi connectivity index (χ0) is 8.55. The summed E-state index contributed by atoms with van der Waals surface area (Å²) < 4.78 is 0. The van der Waals surface area contributed by atoms with Crippen LogP contribution in [0.3, 0.4) is 0 Å². The van der Waals surface area contributed by atoms with Gasteiger partial charge < -0.3 is 0 Å². The van der Waals surface area contributed by atoms with E-state index in [9.17, 15) is 4.91 Å². The van der Waals surface area contributed by atoms with E-state index in [1.807, 2.05) is 18.2 Å². The topological polar surface area (TPSA) is 29.4 Å². The van der Waals surface area contributed by atoms with Crippen molar-refractivity contribution in [2.24, 2.45) is 11.1 Å². The average molecular weight is 161 g/mol. The van der Waals surface area contributed by atoms with E-state index in [4.69, 9.17) is 0 Å². The molecule has 1 aromatic carbocycles. The molecule has 2 nitrogen and oxygen atoms in total. The van der Waals surface area contributed by atoms with E-state index < -0.39 is 0 Å². The summed E-state index contributed by atoms with van der Waals surface area (Å²) in [5.74, 6) is 0.375. The molecule has 1 aliphatic rings. The first-order valence-corrected chi connectivity index (χ1v) is 4.23. The number of fused-ring (bicyclic) bond motifs is 1. The van der Waals surface area contributed by atoms with Gasteiger partial charge in [0.1, 0.15) is 6.04 Å². The van der Waals surface area contributed by atoms with E-state index in [0.717, 1.165) is 12.0 Å². The van der Waals surface area contributed by atoms with E-state index in [2.05, 4.69) is 18.2 Å². The largest absolute Gasteiger partial charge is 0.150 e. The van der Waals surface area contributed by atoms with E-state index >= 15 is 0 Å². The van der Waals surface area contributed by atoms with Gasteiger partial charge in [-0.15, -0.1) is 0 Å². The summed E-state index contributed by atoms with van der Waals surface area (Å²) in [5.41, 5.74) is 2.41. The lowest BCUT2D eigenvalue weighted by Gasteiger charge is -2.05. The maximum Gasteiger partial charge on any atom is 0.120 e. The molecule has 0 bridgehead atoms. The molecule has 0 heterocycles. The molecular weight excluding hydrogens is 150 g/mol. The highest BCUT2D eigenvalue weighted by molar-refractivity contribution is 5.35. The quantitative estimate of drug-likeness (QED) is 0.582. The Morgan fingerprint density at radius 3 is 2.92 bits per heavy atom. The van der Waals surface area contributed by atoms with E-state index in [1.54, 1.807) is 0 Å². The van der Waals surface area contributed by atoms with Crippen LogP contribution in [-0.4, -0.2) is 0 Å². The fourth-order valence-electron chi connectivity index (χ4n) is 1.93. The monoisotopic (exact) mass is 161 g/mol. The Balaban J connectivity index is 2.47. The van der Waals surface area contributed by atoms with Gasteiger partial charge in [-0.1, -0.05) is 36.4 Å². The lowest BCUT2D eigenvalue weighted by Crippen LogP contribution is -1.98. The highest BCUT2D eigenvalue weighted by Gasteiger charge is 2.29. The minimum Gasteiger partial charge on any atom is -0.150 e. The number of nitrogens with zero attached hydrogens (tertiary/aromatic N) is 1. The van der Waals surface area contributed by atoms with Gasteiger partial charge in [0.15, 0.2) is 0 Å².